The first-order chi connectivity index (χ1) is 9.11. The second-order valence-corrected chi connectivity index (χ2v) is 4.91. The van der Waals surface area contributed by atoms with Gasteiger partial charge in [0, 0.05) is 25.3 Å². The summed E-state index contributed by atoms with van der Waals surface area (Å²) in [5, 5.41) is 0. The number of benzene rings is 1. The molecule has 2 rings (SSSR count). The molecule has 0 atom stereocenters. The Bertz CT molecular complexity index is 453. The van der Waals surface area contributed by atoms with Gasteiger partial charge in [-0.15, -0.1) is 0 Å². The lowest BCUT2D eigenvalue weighted by molar-refractivity contribution is 0.0146. The number of ether oxygens (including phenoxy) is 1. The summed E-state index contributed by atoms with van der Waals surface area (Å²) in [6.45, 7) is 5.79. The van der Waals surface area contributed by atoms with E-state index in [2.05, 4.69) is 0 Å². The molecular weight excluding hydrogens is 245 g/mol. The Hall–Kier alpha value is -1.42. The summed E-state index contributed by atoms with van der Waals surface area (Å²) in [5.41, 5.74) is 1.07. The Morgan fingerprint density at radius 3 is 2.68 bits per heavy atom. The zero-order valence-electron chi connectivity index (χ0n) is 11.5. The zero-order chi connectivity index (χ0) is 13.8. The first-order valence-corrected chi connectivity index (χ1v) is 6.79. The number of likely N-dealkylation sites (tertiary alicyclic amines) is 1. The molecule has 19 heavy (non-hydrogen) atoms. The van der Waals surface area contributed by atoms with Crippen LogP contribution in [0.5, 0.6) is 0 Å². The van der Waals surface area contributed by atoms with Crippen LogP contribution in [-0.2, 0) is 4.74 Å². The molecule has 1 aromatic rings. The number of nitrogens with zero attached hydrogens (tertiary/aromatic N) is 1. The number of hydrogen-bond donors (Lipinski definition) is 0. The summed E-state index contributed by atoms with van der Waals surface area (Å²) in [5.74, 6) is -0.287. The lowest BCUT2D eigenvalue weighted by Crippen LogP contribution is -2.40. The van der Waals surface area contributed by atoms with Crippen molar-refractivity contribution in [3.05, 3.63) is 35.1 Å². The van der Waals surface area contributed by atoms with Crippen molar-refractivity contribution in [1.82, 2.24) is 4.90 Å². The van der Waals surface area contributed by atoms with Gasteiger partial charge in [0.15, 0.2) is 0 Å². The van der Waals surface area contributed by atoms with E-state index in [1.54, 1.807) is 19.1 Å². The van der Waals surface area contributed by atoms with Crippen LogP contribution in [0.3, 0.4) is 0 Å². The molecule has 0 radical (unpaired) electrons. The van der Waals surface area contributed by atoms with Gasteiger partial charge >= 0.3 is 0 Å². The number of hydrogen-bond acceptors (Lipinski definition) is 2. The SMILES string of the molecule is CCOC1CCN(C(=O)c2ccc(F)c(C)c2)CC1. The Kier molecular flexibility index (Phi) is 4.53. The van der Waals surface area contributed by atoms with Gasteiger partial charge < -0.3 is 9.64 Å². The summed E-state index contributed by atoms with van der Waals surface area (Å²) in [4.78, 5) is 14.1. The van der Waals surface area contributed by atoms with Gasteiger partial charge in [-0.3, -0.25) is 4.79 Å². The number of piperidine rings is 1. The van der Waals surface area contributed by atoms with E-state index in [1.807, 2.05) is 11.8 Å². The van der Waals surface area contributed by atoms with Gasteiger partial charge in [0.2, 0.25) is 0 Å². The summed E-state index contributed by atoms with van der Waals surface area (Å²) in [7, 11) is 0. The van der Waals surface area contributed by atoms with Crippen LogP contribution in [0.4, 0.5) is 4.39 Å². The van der Waals surface area contributed by atoms with Crippen molar-refractivity contribution in [2.24, 2.45) is 0 Å². The molecule has 0 N–H and O–H groups in total. The second-order valence-electron chi connectivity index (χ2n) is 4.91. The topological polar surface area (TPSA) is 29.5 Å². The minimum absolute atomic E-state index is 0.0157. The van der Waals surface area contributed by atoms with Gasteiger partial charge in [0.25, 0.3) is 5.91 Å². The third-order valence-corrected chi connectivity index (χ3v) is 3.54. The van der Waals surface area contributed by atoms with Crippen molar-refractivity contribution in [2.75, 3.05) is 19.7 Å². The van der Waals surface area contributed by atoms with Crippen molar-refractivity contribution in [3.63, 3.8) is 0 Å². The van der Waals surface area contributed by atoms with Crippen molar-refractivity contribution in [2.45, 2.75) is 32.8 Å². The van der Waals surface area contributed by atoms with E-state index in [0.717, 1.165) is 19.4 Å². The van der Waals surface area contributed by atoms with Gasteiger partial charge in [-0.05, 0) is 50.5 Å². The van der Waals surface area contributed by atoms with Crippen LogP contribution in [0.15, 0.2) is 18.2 Å². The van der Waals surface area contributed by atoms with Gasteiger partial charge in [-0.25, -0.2) is 4.39 Å². The molecule has 0 saturated carbocycles. The van der Waals surface area contributed by atoms with Crippen LogP contribution in [0, 0.1) is 12.7 Å². The predicted octanol–water partition coefficient (Wildman–Crippen LogP) is 2.78. The highest BCUT2D eigenvalue weighted by molar-refractivity contribution is 5.94. The number of rotatable bonds is 3. The van der Waals surface area contributed by atoms with Gasteiger partial charge in [-0.2, -0.15) is 0 Å². The Balaban J connectivity index is 1.99. The van der Waals surface area contributed by atoms with Gasteiger partial charge in [0.05, 0.1) is 6.10 Å². The highest BCUT2D eigenvalue weighted by Gasteiger charge is 2.23. The maximum Gasteiger partial charge on any atom is 0.253 e. The van der Waals surface area contributed by atoms with E-state index in [9.17, 15) is 9.18 Å². The molecule has 0 spiro atoms. The van der Waals surface area contributed by atoms with Gasteiger partial charge in [0.1, 0.15) is 5.82 Å². The van der Waals surface area contributed by atoms with Crippen LogP contribution in [0.25, 0.3) is 0 Å². The minimum Gasteiger partial charge on any atom is -0.378 e. The van der Waals surface area contributed by atoms with Gasteiger partial charge in [-0.1, -0.05) is 0 Å². The molecule has 1 aliphatic rings. The quantitative estimate of drug-likeness (QED) is 0.841. The summed E-state index contributed by atoms with van der Waals surface area (Å²) >= 11 is 0. The van der Waals surface area contributed by atoms with Crippen LogP contribution in [0.1, 0.15) is 35.7 Å². The monoisotopic (exact) mass is 265 g/mol. The van der Waals surface area contributed by atoms with E-state index in [0.29, 0.717) is 24.2 Å². The average Bonchev–Trinajstić information content (AvgIpc) is 2.42. The largest absolute Gasteiger partial charge is 0.378 e. The second kappa shape index (κ2) is 6.15. The Morgan fingerprint density at radius 1 is 1.42 bits per heavy atom. The molecule has 4 heteroatoms. The maximum atomic E-state index is 13.2. The molecular formula is C15H20FNO2. The number of aryl methyl sites for hydroxylation is 1. The number of carbonyl (C=O) groups excluding carboxylic acids is 1. The molecule has 0 bridgehead atoms. The summed E-state index contributed by atoms with van der Waals surface area (Å²) < 4.78 is 18.8. The third kappa shape index (κ3) is 3.32. The van der Waals surface area contributed by atoms with E-state index in [4.69, 9.17) is 4.74 Å². The fourth-order valence-electron chi connectivity index (χ4n) is 2.42. The van der Waals surface area contributed by atoms with E-state index < -0.39 is 0 Å². The predicted molar refractivity (Wildman–Crippen MR) is 71.7 cm³/mol. The zero-order valence-corrected chi connectivity index (χ0v) is 11.5. The van der Waals surface area contributed by atoms with Crippen LogP contribution >= 0.6 is 0 Å². The highest BCUT2D eigenvalue weighted by Crippen LogP contribution is 2.17. The van der Waals surface area contributed by atoms with Crippen LogP contribution < -0.4 is 0 Å². The third-order valence-electron chi connectivity index (χ3n) is 3.54. The lowest BCUT2D eigenvalue weighted by Gasteiger charge is -2.31. The molecule has 0 aromatic heterocycles. The maximum absolute atomic E-state index is 13.2. The Labute approximate surface area is 113 Å². The molecule has 3 nitrogen and oxygen atoms in total. The van der Waals surface area contributed by atoms with Crippen molar-refractivity contribution >= 4 is 5.91 Å². The van der Waals surface area contributed by atoms with Crippen molar-refractivity contribution in [3.8, 4) is 0 Å². The molecule has 1 amide bonds. The number of carbonyl (C=O) groups is 1. The van der Waals surface area contributed by atoms with E-state index in [-0.39, 0.29) is 17.8 Å². The Morgan fingerprint density at radius 2 is 2.11 bits per heavy atom. The number of halogens is 1. The average molecular weight is 265 g/mol. The lowest BCUT2D eigenvalue weighted by atomic mass is 10.1. The molecule has 1 aromatic carbocycles. The smallest absolute Gasteiger partial charge is 0.253 e. The van der Waals surface area contributed by atoms with E-state index >= 15 is 0 Å². The minimum atomic E-state index is -0.272. The summed E-state index contributed by atoms with van der Waals surface area (Å²) in [6, 6.07) is 4.53. The molecule has 1 fully saturated rings. The summed E-state index contributed by atoms with van der Waals surface area (Å²) in [6.07, 6.45) is 2.02. The van der Waals surface area contributed by atoms with Crippen molar-refractivity contribution in [1.29, 1.82) is 0 Å². The normalized spacial score (nSPS) is 16.7. The fraction of sp³-hybridized carbons (Fsp3) is 0.533. The highest BCUT2D eigenvalue weighted by atomic mass is 19.1. The molecule has 1 heterocycles. The molecule has 1 saturated heterocycles. The first kappa shape index (κ1) is 14.0. The molecule has 0 unspecified atom stereocenters. The van der Waals surface area contributed by atoms with Crippen LogP contribution in [-0.4, -0.2) is 36.6 Å². The fourth-order valence-corrected chi connectivity index (χ4v) is 2.42. The number of amides is 1. The first-order valence-electron chi connectivity index (χ1n) is 6.79. The van der Waals surface area contributed by atoms with E-state index in [1.165, 1.54) is 6.07 Å². The molecule has 1 aliphatic heterocycles. The van der Waals surface area contributed by atoms with Crippen LogP contribution in [0.2, 0.25) is 0 Å². The van der Waals surface area contributed by atoms with Crippen molar-refractivity contribution < 1.29 is 13.9 Å². The molecule has 104 valence electrons. The standard InChI is InChI=1S/C15H20FNO2/c1-3-19-13-6-8-17(9-7-13)15(18)12-4-5-14(16)11(2)10-12/h4-5,10,13H,3,6-9H2,1-2H3. The molecule has 0 aliphatic carbocycles.